The number of hydrogen-bond acceptors (Lipinski definition) is 4. The van der Waals surface area contributed by atoms with Crippen molar-refractivity contribution < 1.29 is 13.2 Å². The Hall–Kier alpha value is -2.88. The van der Waals surface area contributed by atoms with Gasteiger partial charge in [-0.25, -0.2) is 8.42 Å². The Balaban J connectivity index is 1.76. The van der Waals surface area contributed by atoms with Gasteiger partial charge < -0.3 is 4.74 Å². The number of nitrogens with zero attached hydrogens (tertiary/aromatic N) is 1. The average Bonchev–Trinajstić information content (AvgIpc) is 2.72. The second-order valence-electron chi connectivity index (χ2n) is 5.92. The minimum Gasteiger partial charge on any atom is -0.489 e. The van der Waals surface area contributed by atoms with Crippen LogP contribution in [-0.2, 0) is 16.4 Å². The molecule has 6 heteroatoms. The number of hydrogen-bond donors (Lipinski definition) is 0. The van der Waals surface area contributed by atoms with Crippen molar-refractivity contribution >= 4 is 31.8 Å². The monoisotopic (exact) mass is 453 g/mol. The molecule has 4 nitrogen and oxygen atoms in total. The van der Waals surface area contributed by atoms with E-state index in [1.165, 1.54) is 18.2 Å². The lowest BCUT2D eigenvalue weighted by Gasteiger charge is -2.07. The van der Waals surface area contributed by atoms with E-state index in [-0.39, 0.29) is 9.80 Å². The van der Waals surface area contributed by atoms with Crippen LogP contribution in [0, 0.1) is 11.3 Å². The van der Waals surface area contributed by atoms with E-state index in [9.17, 15) is 13.7 Å². The van der Waals surface area contributed by atoms with Gasteiger partial charge in [-0.2, -0.15) is 5.26 Å². The number of rotatable bonds is 6. The first-order valence-electron chi connectivity index (χ1n) is 8.38. The van der Waals surface area contributed by atoms with Crippen molar-refractivity contribution in [2.24, 2.45) is 0 Å². The van der Waals surface area contributed by atoms with Crippen LogP contribution < -0.4 is 4.74 Å². The van der Waals surface area contributed by atoms with Crippen LogP contribution in [0.1, 0.15) is 11.1 Å². The zero-order chi connectivity index (χ0) is 20.0. The summed E-state index contributed by atoms with van der Waals surface area (Å²) in [4.78, 5) is -0.210. The van der Waals surface area contributed by atoms with E-state index in [2.05, 4.69) is 15.9 Å². The lowest BCUT2D eigenvalue weighted by atomic mass is 10.2. The van der Waals surface area contributed by atoms with Gasteiger partial charge in [0.15, 0.2) is 0 Å². The third kappa shape index (κ3) is 4.89. The zero-order valence-electron chi connectivity index (χ0n) is 14.7. The second kappa shape index (κ2) is 8.87. The third-order valence-electron chi connectivity index (χ3n) is 3.93. The number of sulfone groups is 1. The molecule has 0 spiro atoms. The van der Waals surface area contributed by atoms with Gasteiger partial charge in [0.05, 0.1) is 4.90 Å². The minimum absolute atomic E-state index is 0.0942. The number of benzene rings is 3. The Morgan fingerprint density at radius 1 is 1.00 bits per heavy atom. The van der Waals surface area contributed by atoms with Crippen molar-refractivity contribution in [2.75, 3.05) is 0 Å². The van der Waals surface area contributed by atoms with E-state index >= 15 is 0 Å². The number of ether oxygens (including phenoxy) is 1. The molecule has 0 amide bonds. The molecule has 3 rings (SSSR count). The molecule has 0 aliphatic heterocycles. The Morgan fingerprint density at radius 2 is 1.71 bits per heavy atom. The van der Waals surface area contributed by atoms with Gasteiger partial charge in [-0.05, 0) is 53.6 Å². The summed E-state index contributed by atoms with van der Waals surface area (Å²) in [5.41, 5.74) is 1.63. The van der Waals surface area contributed by atoms with Gasteiger partial charge in [0.25, 0.3) is 0 Å². The van der Waals surface area contributed by atoms with E-state index in [4.69, 9.17) is 4.74 Å². The topological polar surface area (TPSA) is 67.2 Å². The molecule has 140 valence electrons. The number of halogens is 1. The SMILES string of the molecule is N#C/C(=C\c1ccc(OCc2cccc(Br)c2)cc1)S(=O)(=O)c1ccccc1. The summed E-state index contributed by atoms with van der Waals surface area (Å²) in [7, 11) is -3.85. The molecule has 0 N–H and O–H groups in total. The van der Waals surface area contributed by atoms with E-state index in [0.29, 0.717) is 17.9 Å². The maximum Gasteiger partial charge on any atom is 0.216 e. The molecular weight excluding hydrogens is 438 g/mol. The fourth-order valence-electron chi connectivity index (χ4n) is 2.50. The summed E-state index contributed by atoms with van der Waals surface area (Å²) in [5.74, 6) is 0.654. The molecule has 0 aliphatic carbocycles. The molecule has 3 aromatic rings. The number of allylic oxidation sites excluding steroid dienone is 1. The summed E-state index contributed by atoms with van der Waals surface area (Å²) >= 11 is 3.42. The molecule has 0 saturated heterocycles. The molecular formula is C22H16BrNO3S. The van der Waals surface area contributed by atoms with Gasteiger partial charge in [0.2, 0.25) is 9.84 Å². The molecule has 0 unspecified atom stereocenters. The van der Waals surface area contributed by atoms with E-state index in [0.717, 1.165) is 10.0 Å². The Labute approximate surface area is 172 Å². The molecule has 0 radical (unpaired) electrons. The molecule has 0 aromatic heterocycles. The van der Waals surface area contributed by atoms with Gasteiger partial charge in [-0.3, -0.25) is 0 Å². The standard InChI is InChI=1S/C22H16BrNO3S/c23-19-6-4-5-18(13-19)16-27-20-11-9-17(10-12-20)14-22(15-24)28(25,26)21-7-2-1-3-8-21/h1-14H,16H2/b22-14+. The highest BCUT2D eigenvalue weighted by molar-refractivity contribution is 9.10. The van der Waals surface area contributed by atoms with Crippen molar-refractivity contribution in [2.45, 2.75) is 11.5 Å². The van der Waals surface area contributed by atoms with Crippen molar-refractivity contribution in [3.63, 3.8) is 0 Å². The van der Waals surface area contributed by atoms with E-state index in [1.54, 1.807) is 48.5 Å². The Bertz CT molecular complexity index is 1130. The smallest absolute Gasteiger partial charge is 0.216 e. The van der Waals surface area contributed by atoms with Crippen LogP contribution in [0.25, 0.3) is 6.08 Å². The largest absolute Gasteiger partial charge is 0.489 e. The summed E-state index contributed by atoms with van der Waals surface area (Å²) in [6.45, 7) is 0.417. The lowest BCUT2D eigenvalue weighted by Crippen LogP contribution is -2.03. The summed E-state index contributed by atoms with van der Waals surface area (Å²) in [5, 5.41) is 9.35. The van der Waals surface area contributed by atoms with Crippen LogP contribution in [-0.4, -0.2) is 8.42 Å². The Morgan fingerprint density at radius 3 is 2.36 bits per heavy atom. The molecule has 28 heavy (non-hydrogen) atoms. The van der Waals surface area contributed by atoms with Gasteiger partial charge in [0, 0.05) is 4.47 Å². The first kappa shape index (κ1) is 19.9. The van der Waals surface area contributed by atoms with Crippen LogP contribution >= 0.6 is 15.9 Å². The van der Waals surface area contributed by atoms with Crippen LogP contribution in [0.2, 0.25) is 0 Å². The fraction of sp³-hybridized carbons (Fsp3) is 0.0455. The first-order valence-corrected chi connectivity index (χ1v) is 10.7. The lowest BCUT2D eigenvalue weighted by molar-refractivity contribution is 0.306. The molecule has 0 bridgehead atoms. The second-order valence-corrected chi connectivity index (χ2v) is 8.76. The molecule has 0 saturated carbocycles. The average molecular weight is 454 g/mol. The number of nitriles is 1. The summed E-state index contributed by atoms with van der Waals surface area (Å²) in [6.07, 6.45) is 1.36. The van der Waals surface area contributed by atoms with Crippen LogP contribution in [0.15, 0.2) is 93.1 Å². The zero-order valence-corrected chi connectivity index (χ0v) is 17.2. The predicted molar refractivity (Wildman–Crippen MR) is 112 cm³/mol. The predicted octanol–water partition coefficient (Wildman–Crippen LogP) is 5.37. The quantitative estimate of drug-likeness (QED) is 0.470. The highest BCUT2D eigenvalue weighted by Gasteiger charge is 2.20. The molecule has 0 heterocycles. The maximum absolute atomic E-state index is 12.6. The van der Waals surface area contributed by atoms with Crippen molar-refractivity contribution in [3.05, 3.63) is 99.4 Å². The maximum atomic E-state index is 12.6. The first-order chi connectivity index (χ1) is 13.5. The summed E-state index contributed by atoms with van der Waals surface area (Å²) < 4.78 is 31.9. The van der Waals surface area contributed by atoms with Crippen LogP contribution in [0.3, 0.4) is 0 Å². The molecule has 0 fully saturated rings. The highest BCUT2D eigenvalue weighted by Crippen LogP contribution is 2.22. The van der Waals surface area contributed by atoms with Crippen molar-refractivity contribution in [1.82, 2.24) is 0 Å². The van der Waals surface area contributed by atoms with Gasteiger partial charge >= 0.3 is 0 Å². The minimum atomic E-state index is -3.85. The normalized spacial score (nSPS) is 11.6. The molecule has 0 aliphatic rings. The van der Waals surface area contributed by atoms with Crippen LogP contribution in [0.4, 0.5) is 0 Å². The van der Waals surface area contributed by atoms with Crippen LogP contribution in [0.5, 0.6) is 5.75 Å². The summed E-state index contributed by atoms with van der Waals surface area (Å²) in [6, 6.07) is 24.5. The fourth-order valence-corrected chi connectivity index (χ4v) is 4.13. The van der Waals surface area contributed by atoms with E-state index < -0.39 is 9.84 Å². The van der Waals surface area contributed by atoms with E-state index in [1.807, 2.05) is 24.3 Å². The molecule has 0 atom stereocenters. The highest BCUT2D eigenvalue weighted by atomic mass is 79.9. The van der Waals surface area contributed by atoms with Gasteiger partial charge in [-0.15, -0.1) is 0 Å². The van der Waals surface area contributed by atoms with Crippen molar-refractivity contribution in [3.8, 4) is 11.8 Å². The molecule has 3 aromatic carbocycles. The third-order valence-corrected chi connectivity index (χ3v) is 6.10. The van der Waals surface area contributed by atoms with Gasteiger partial charge in [0.1, 0.15) is 23.3 Å². The Kier molecular flexibility index (Phi) is 6.30. The van der Waals surface area contributed by atoms with Crippen molar-refractivity contribution in [1.29, 1.82) is 5.26 Å². The van der Waals surface area contributed by atoms with Gasteiger partial charge in [-0.1, -0.05) is 58.4 Å².